The third-order valence-corrected chi connectivity index (χ3v) is 6.61. The summed E-state index contributed by atoms with van der Waals surface area (Å²) in [6.45, 7) is 8.38. The van der Waals surface area contributed by atoms with Crippen LogP contribution < -0.4 is 10.2 Å². The van der Waals surface area contributed by atoms with Gasteiger partial charge in [-0.3, -0.25) is 14.5 Å². The van der Waals surface area contributed by atoms with E-state index < -0.39 is 0 Å². The lowest BCUT2D eigenvalue weighted by Crippen LogP contribution is -2.43. The number of likely N-dealkylation sites (N-methyl/N-ethyl adjacent to an activating group) is 1. The second-order valence-corrected chi connectivity index (χ2v) is 9.04. The van der Waals surface area contributed by atoms with Gasteiger partial charge in [0, 0.05) is 57.9 Å². The van der Waals surface area contributed by atoms with Gasteiger partial charge in [-0.15, -0.1) is 0 Å². The fourth-order valence-corrected chi connectivity index (χ4v) is 4.48. The van der Waals surface area contributed by atoms with Crippen molar-refractivity contribution < 1.29 is 9.59 Å². The highest BCUT2D eigenvalue weighted by Gasteiger charge is 2.35. The number of carbonyl (C=O) groups excluding carboxylic acids is 2. The summed E-state index contributed by atoms with van der Waals surface area (Å²) < 4.78 is 0. The molecule has 2 heterocycles. The molecule has 0 saturated carbocycles. The molecule has 2 fully saturated rings. The van der Waals surface area contributed by atoms with E-state index in [0.29, 0.717) is 13.1 Å². The quantitative estimate of drug-likeness (QED) is 0.728. The van der Waals surface area contributed by atoms with E-state index in [0.717, 1.165) is 50.4 Å². The van der Waals surface area contributed by atoms with Crippen LogP contribution in [0.15, 0.2) is 48.5 Å². The number of rotatable bonds is 7. The molecule has 0 aromatic heterocycles. The molecule has 2 aliphatic rings. The monoisotopic (exact) mass is 434 g/mol. The van der Waals surface area contributed by atoms with Crippen LogP contribution in [-0.4, -0.2) is 61.4 Å². The first-order valence-electron chi connectivity index (χ1n) is 11.7. The van der Waals surface area contributed by atoms with Crippen LogP contribution in [0.3, 0.4) is 0 Å². The van der Waals surface area contributed by atoms with Gasteiger partial charge in [0.05, 0.1) is 5.92 Å². The first-order valence-corrected chi connectivity index (χ1v) is 11.7. The van der Waals surface area contributed by atoms with Crippen molar-refractivity contribution in [1.29, 1.82) is 0 Å². The summed E-state index contributed by atoms with van der Waals surface area (Å²) in [4.78, 5) is 31.9. The molecule has 2 aromatic carbocycles. The zero-order valence-corrected chi connectivity index (χ0v) is 19.2. The van der Waals surface area contributed by atoms with Crippen molar-refractivity contribution in [2.45, 2.75) is 32.9 Å². The van der Waals surface area contributed by atoms with Gasteiger partial charge in [-0.05, 0) is 42.3 Å². The molecule has 2 aliphatic heterocycles. The molecule has 0 bridgehead atoms. The maximum Gasteiger partial charge on any atom is 0.227 e. The second-order valence-electron chi connectivity index (χ2n) is 9.04. The molecule has 2 saturated heterocycles. The van der Waals surface area contributed by atoms with Gasteiger partial charge in [0.15, 0.2) is 0 Å². The average Bonchev–Trinajstić information content (AvgIpc) is 3.21. The highest BCUT2D eigenvalue weighted by atomic mass is 16.2. The van der Waals surface area contributed by atoms with Crippen molar-refractivity contribution in [2.24, 2.45) is 5.92 Å². The van der Waals surface area contributed by atoms with Crippen LogP contribution in [-0.2, 0) is 29.1 Å². The predicted molar refractivity (Wildman–Crippen MR) is 127 cm³/mol. The smallest absolute Gasteiger partial charge is 0.227 e. The molecular weight excluding hydrogens is 400 g/mol. The van der Waals surface area contributed by atoms with Crippen LogP contribution in [0.1, 0.15) is 30.0 Å². The number of hydrogen-bond acceptors (Lipinski definition) is 4. The Morgan fingerprint density at radius 1 is 1.00 bits per heavy atom. The minimum atomic E-state index is -0.304. The van der Waals surface area contributed by atoms with Gasteiger partial charge < -0.3 is 15.1 Å². The Kier molecular flexibility index (Phi) is 7.22. The Hall–Kier alpha value is -2.70. The van der Waals surface area contributed by atoms with E-state index in [-0.39, 0.29) is 24.2 Å². The fourth-order valence-electron chi connectivity index (χ4n) is 4.48. The number of amides is 2. The van der Waals surface area contributed by atoms with Crippen LogP contribution >= 0.6 is 0 Å². The van der Waals surface area contributed by atoms with Crippen LogP contribution in [0.4, 0.5) is 5.69 Å². The Morgan fingerprint density at radius 3 is 2.44 bits per heavy atom. The van der Waals surface area contributed by atoms with E-state index in [9.17, 15) is 9.59 Å². The molecule has 2 aromatic rings. The van der Waals surface area contributed by atoms with Crippen LogP contribution in [0, 0.1) is 5.92 Å². The van der Waals surface area contributed by atoms with Crippen molar-refractivity contribution in [1.82, 2.24) is 15.1 Å². The van der Waals surface area contributed by atoms with Gasteiger partial charge in [0.2, 0.25) is 11.8 Å². The maximum absolute atomic E-state index is 12.8. The number of anilines is 1. The number of hydrogen-bond donors (Lipinski definition) is 1. The summed E-state index contributed by atoms with van der Waals surface area (Å²) in [7, 11) is 2.17. The second kappa shape index (κ2) is 10.3. The molecule has 2 amide bonds. The van der Waals surface area contributed by atoms with E-state index in [4.69, 9.17) is 0 Å². The van der Waals surface area contributed by atoms with E-state index in [1.807, 2.05) is 24.3 Å². The molecule has 4 rings (SSSR count). The normalized spacial score (nSPS) is 20.0. The summed E-state index contributed by atoms with van der Waals surface area (Å²) in [5, 5.41) is 3.05. The molecular formula is C26H34N4O2. The van der Waals surface area contributed by atoms with Crippen LogP contribution in [0.2, 0.25) is 0 Å². The number of benzene rings is 2. The number of piperazine rings is 1. The topological polar surface area (TPSA) is 55.9 Å². The average molecular weight is 435 g/mol. The van der Waals surface area contributed by atoms with E-state index >= 15 is 0 Å². The summed E-state index contributed by atoms with van der Waals surface area (Å²) in [6.07, 6.45) is 1.24. The highest BCUT2D eigenvalue weighted by Crippen LogP contribution is 2.25. The van der Waals surface area contributed by atoms with E-state index in [1.54, 1.807) is 4.90 Å². The van der Waals surface area contributed by atoms with E-state index in [2.05, 4.69) is 53.4 Å². The molecule has 1 N–H and O–H groups in total. The van der Waals surface area contributed by atoms with Gasteiger partial charge in [0.1, 0.15) is 0 Å². The minimum Gasteiger partial charge on any atom is -0.352 e. The minimum absolute atomic E-state index is 0.0172. The van der Waals surface area contributed by atoms with Crippen LogP contribution in [0.5, 0.6) is 0 Å². The summed E-state index contributed by atoms with van der Waals surface area (Å²) in [6, 6.07) is 16.5. The lowest BCUT2D eigenvalue weighted by atomic mass is 10.1. The maximum atomic E-state index is 12.8. The standard InChI is InChI=1S/C26H34N4O2/c1-3-20-7-9-24(10-8-20)30-19-23(16-25(30)31)26(32)27-17-21-5-4-6-22(15-21)18-29-13-11-28(2)12-14-29/h4-10,15,23H,3,11-14,16-19H2,1-2H3,(H,27,32). The number of nitrogens with one attached hydrogen (secondary N) is 1. The van der Waals surface area contributed by atoms with Crippen molar-refractivity contribution in [3.63, 3.8) is 0 Å². The van der Waals surface area contributed by atoms with Gasteiger partial charge in [-0.25, -0.2) is 0 Å². The molecule has 6 heteroatoms. The molecule has 1 unspecified atom stereocenters. The first-order chi connectivity index (χ1) is 15.5. The van der Waals surface area contributed by atoms with Gasteiger partial charge in [-0.2, -0.15) is 0 Å². The molecule has 170 valence electrons. The largest absolute Gasteiger partial charge is 0.352 e. The number of nitrogens with zero attached hydrogens (tertiary/aromatic N) is 3. The van der Waals surface area contributed by atoms with Crippen molar-refractivity contribution in [3.8, 4) is 0 Å². The molecule has 6 nitrogen and oxygen atoms in total. The zero-order valence-electron chi connectivity index (χ0n) is 19.2. The van der Waals surface area contributed by atoms with Crippen molar-refractivity contribution >= 4 is 17.5 Å². The summed E-state index contributed by atoms with van der Waals surface area (Å²) >= 11 is 0. The Bertz CT molecular complexity index is 935. The lowest BCUT2D eigenvalue weighted by Gasteiger charge is -2.32. The summed E-state index contributed by atoms with van der Waals surface area (Å²) in [5.41, 5.74) is 4.49. The van der Waals surface area contributed by atoms with E-state index in [1.165, 1.54) is 11.1 Å². The molecule has 1 atom stereocenters. The Balaban J connectivity index is 1.29. The number of carbonyl (C=O) groups is 2. The van der Waals surface area contributed by atoms with Crippen molar-refractivity contribution in [3.05, 3.63) is 65.2 Å². The van der Waals surface area contributed by atoms with Gasteiger partial charge in [-0.1, -0.05) is 43.3 Å². The van der Waals surface area contributed by atoms with Gasteiger partial charge in [0.25, 0.3) is 0 Å². The lowest BCUT2D eigenvalue weighted by molar-refractivity contribution is -0.126. The molecule has 0 radical (unpaired) electrons. The Morgan fingerprint density at radius 2 is 1.72 bits per heavy atom. The first kappa shape index (κ1) is 22.5. The summed E-state index contributed by atoms with van der Waals surface area (Å²) in [5.74, 6) is -0.332. The fraction of sp³-hybridized carbons (Fsp3) is 0.462. The third kappa shape index (κ3) is 5.56. The number of aryl methyl sites for hydroxylation is 1. The van der Waals surface area contributed by atoms with Crippen molar-refractivity contribution in [2.75, 3.05) is 44.7 Å². The molecule has 0 aliphatic carbocycles. The SMILES string of the molecule is CCc1ccc(N2CC(C(=O)NCc3cccc(CN4CCN(C)CC4)c3)CC2=O)cc1. The predicted octanol–water partition coefficient (Wildman–Crippen LogP) is 2.67. The zero-order chi connectivity index (χ0) is 22.5. The highest BCUT2D eigenvalue weighted by molar-refractivity contribution is 6.00. The molecule has 32 heavy (non-hydrogen) atoms. The Labute approximate surface area is 191 Å². The van der Waals surface area contributed by atoms with Gasteiger partial charge >= 0.3 is 0 Å². The molecule has 0 spiro atoms. The third-order valence-electron chi connectivity index (χ3n) is 6.61. The van der Waals surface area contributed by atoms with Crippen LogP contribution in [0.25, 0.3) is 0 Å².